The van der Waals surface area contributed by atoms with Gasteiger partial charge in [0.1, 0.15) is 18.0 Å². The second-order valence-electron chi connectivity index (χ2n) is 4.15. The molecule has 0 spiro atoms. The van der Waals surface area contributed by atoms with Crippen molar-refractivity contribution in [3.05, 3.63) is 53.3 Å². The van der Waals surface area contributed by atoms with Gasteiger partial charge in [0.05, 0.1) is 16.8 Å². The molecule has 2 rings (SSSR count). The minimum atomic E-state index is -0.557. The number of hydrogen-bond acceptors (Lipinski definition) is 4. The smallest absolute Gasteiger partial charge is 0.141 e. The van der Waals surface area contributed by atoms with Gasteiger partial charge in [-0.25, -0.2) is 4.39 Å². The maximum Gasteiger partial charge on any atom is 0.141 e. The molecule has 0 heterocycles. The van der Waals surface area contributed by atoms with Crippen LogP contribution >= 0.6 is 11.8 Å². The normalized spacial score (nSPS) is 9.71. The standard InChI is InChI=1S/C16H12FN3S/c1-2-21-16-5-3-4-15(13(16)10-19)20-12-6-7-14(17)11(8-12)9-18/h3-8,20H,2H2,1H3. The Morgan fingerprint density at radius 1 is 1.19 bits per heavy atom. The lowest BCUT2D eigenvalue weighted by Gasteiger charge is -2.11. The molecule has 5 heteroatoms. The topological polar surface area (TPSA) is 59.6 Å². The summed E-state index contributed by atoms with van der Waals surface area (Å²) in [5.41, 5.74) is 1.74. The SMILES string of the molecule is CCSc1cccc(Nc2ccc(F)c(C#N)c2)c1C#N. The number of halogens is 1. The summed E-state index contributed by atoms with van der Waals surface area (Å²) in [5, 5.41) is 21.3. The molecule has 0 bridgehead atoms. The van der Waals surface area contributed by atoms with Crippen LogP contribution in [0.1, 0.15) is 18.1 Å². The lowest BCUT2D eigenvalue weighted by molar-refractivity contribution is 0.624. The van der Waals surface area contributed by atoms with Crippen molar-refractivity contribution in [3.8, 4) is 12.1 Å². The molecule has 0 aromatic heterocycles. The molecule has 0 aliphatic carbocycles. The van der Waals surface area contributed by atoms with E-state index in [4.69, 9.17) is 5.26 Å². The Morgan fingerprint density at radius 3 is 2.67 bits per heavy atom. The van der Waals surface area contributed by atoms with Crippen molar-refractivity contribution in [1.82, 2.24) is 0 Å². The number of anilines is 2. The first-order valence-corrected chi connectivity index (χ1v) is 7.30. The average molecular weight is 297 g/mol. The summed E-state index contributed by atoms with van der Waals surface area (Å²) in [6.45, 7) is 2.02. The molecule has 0 aliphatic heterocycles. The van der Waals surface area contributed by atoms with E-state index in [0.717, 1.165) is 10.6 Å². The van der Waals surface area contributed by atoms with E-state index in [0.29, 0.717) is 16.9 Å². The number of nitrogens with one attached hydrogen (secondary N) is 1. The van der Waals surface area contributed by atoms with Crippen molar-refractivity contribution in [1.29, 1.82) is 10.5 Å². The second kappa shape index (κ2) is 6.78. The molecule has 0 amide bonds. The van der Waals surface area contributed by atoms with Gasteiger partial charge >= 0.3 is 0 Å². The number of thioether (sulfide) groups is 1. The highest BCUT2D eigenvalue weighted by atomic mass is 32.2. The molecule has 2 aromatic rings. The maximum absolute atomic E-state index is 13.3. The lowest BCUT2D eigenvalue weighted by atomic mass is 10.1. The molecular formula is C16H12FN3S. The maximum atomic E-state index is 13.3. The summed E-state index contributed by atoms with van der Waals surface area (Å²) in [6.07, 6.45) is 0. The summed E-state index contributed by atoms with van der Waals surface area (Å²) in [4.78, 5) is 0.896. The van der Waals surface area contributed by atoms with Crippen molar-refractivity contribution < 1.29 is 4.39 Å². The van der Waals surface area contributed by atoms with Gasteiger partial charge in [-0.15, -0.1) is 11.8 Å². The van der Waals surface area contributed by atoms with E-state index in [1.165, 1.54) is 18.2 Å². The number of nitrogens with zero attached hydrogens (tertiary/aromatic N) is 2. The monoisotopic (exact) mass is 297 g/mol. The van der Waals surface area contributed by atoms with Crippen LogP contribution in [0, 0.1) is 28.5 Å². The van der Waals surface area contributed by atoms with E-state index in [2.05, 4.69) is 11.4 Å². The Morgan fingerprint density at radius 2 is 2.00 bits per heavy atom. The summed E-state index contributed by atoms with van der Waals surface area (Å²) in [7, 11) is 0. The fraction of sp³-hybridized carbons (Fsp3) is 0.125. The molecule has 3 nitrogen and oxygen atoms in total. The second-order valence-corrected chi connectivity index (χ2v) is 5.46. The van der Waals surface area contributed by atoms with Crippen LogP contribution in [0.25, 0.3) is 0 Å². The lowest BCUT2D eigenvalue weighted by Crippen LogP contribution is -1.96. The molecule has 0 atom stereocenters. The Bertz CT molecular complexity index is 744. The number of benzene rings is 2. The summed E-state index contributed by atoms with van der Waals surface area (Å²) >= 11 is 1.59. The first kappa shape index (κ1) is 14.9. The van der Waals surface area contributed by atoms with Gasteiger partial charge in [0, 0.05) is 10.6 Å². The molecule has 0 saturated carbocycles. The third-order valence-electron chi connectivity index (χ3n) is 2.80. The van der Waals surface area contributed by atoms with Crippen LogP contribution in [0.5, 0.6) is 0 Å². The highest BCUT2D eigenvalue weighted by Crippen LogP contribution is 2.30. The molecule has 0 unspecified atom stereocenters. The van der Waals surface area contributed by atoms with Gasteiger partial charge in [-0.1, -0.05) is 13.0 Å². The molecule has 0 radical (unpaired) electrons. The zero-order chi connectivity index (χ0) is 15.2. The van der Waals surface area contributed by atoms with Crippen LogP contribution in [-0.4, -0.2) is 5.75 Å². The van der Waals surface area contributed by atoms with Gasteiger partial charge in [-0.2, -0.15) is 10.5 Å². The van der Waals surface area contributed by atoms with Gasteiger partial charge in [-0.3, -0.25) is 0 Å². The third-order valence-corrected chi connectivity index (χ3v) is 3.74. The van der Waals surface area contributed by atoms with Gasteiger partial charge in [-0.05, 0) is 36.1 Å². The largest absolute Gasteiger partial charge is 0.354 e. The molecule has 0 fully saturated rings. The van der Waals surface area contributed by atoms with Crippen LogP contribution in [-0.2, 0) is 0 Å². The first-order chi connectivity index (χ1) is 10.2. The predicted octanol–water partition coefficient (Wildman–Crippen LogP) is 4.42. The molecule has 21 heavy (non-hydrogen) atoms. The molecule has 1 N–H and O–H groups in total. The van der Waals surface area contributed by atoms with Crippen molar-refractivity contribution in [2.24, 2.45) is 0 Å². The quantitative estimate of drug-likeness (QED) is 0.848. The van der Waals surface area contributed by atoms with Crippen LogP contribution in [0.4, 0.5) is 15.8 Å². The molecule has 0 aliphatic rings. The highest BCUT2D eigenvalue weighted by Gasteiger charge is 2.09. The fourth-order valence-corrected chi connectivity index (χ4v) is 2.66. The number of nitriles is 2. The van der Waals surface area contributed by atoms with Crippen molar-refractivity contribution >= 4 is 23.1 Å². The van der Waals surface area contributed by atoms with E-state index in [1.54, 1.807) is 23.9 Å². The minimum absolute atomic E-state index is 0.0300. The van der Waals surface area contributed by atoms with Crippen LogP contribution < -0.4 is 5.32 Å². The van der Waals surface area contributed by atoms with Crippen LogP contribution in [0.3, 0.4) is 0 Å². The van der Waals surface area contributed by atoms with Gasteiger partial charge < -0.3 is 5.32 Å². The summed E-state index contributed by atoms with van der Waals surface area (Å²) in [6, 6.07) is 13.7. The minimum Gasteiger partial charge on any atom is -0.354 e. The average Bonchev–Trinajstić information content (AvgIpc) is 2.50. The zero-order valence-electron chi connectivity index (χ0n) is 11.4. The van der Waals surface area contributed by atoms with Gasteiger partial charge in [0.2, 0.25) is 0 Å². The van der Waals surface area contributed by atoms with E-state index < -0.39 is 5.82 Å². The Hall–Kier alpha value is -2.50. The number of rotatable bonds is 4. The molecular weight excluding hydrogens is 285 g/mol. The van der Waals surface area contributed by atoms with Crippen molar-refractivity contribution in [2.75, 3.05) is 11.1 Å². The van der Waals surface area contributed by atoms with Crippen molar-refractivity contribution in [2.45, 2.75) is 11.8 Å². The van der Waals surface area contributed by atoms with E-state index >= 15 is 0 Å². The van der Waals surface area contributed by atoms with Crippen molar-refractivity contribution in [3.63, 3.8) is 0 Å². The highest BCUT2D eigenvalue weighted by molar-refractivity contribution is 7.99. The van der Waals surface area contributed by atoms with Crippen LogP contribution in [0.15, 0.2) is 41.3 Å². The predicted molar refractivity (Wildman–Crippen MR) is 82.0 cm³/mol. The van der Waals surface area contributed by atoms with E-state index in [-0.39, 0.29) is 5.56 Å². The first-order valence-electron chi connectivity index (χ1n) is 6.32. The molecule has 104 valence electrons. The summed E-state index contributed by atoms with van der Waals surface area (Å²) < 4.78 is 13.3. The van der Waals surface area contributed by atoms with Gasteiger partial charge in [0.15, 0.2) is 0 Å². The number of hydrogen-bond donors (Lipinski definition) is 1. The van der Waals surface area contributed by atoms with Crippen LogP contribution in [0.2, 0.25) is 0 Å². The van der Waals surface area contributed by atoms with Gasteiger partial charge in [0.25, 0.3) is 0 Å². The van der Waals surface area contributed by atoms with E-state index in [9.17, 15) is 9.65 Å². The molecule has 0 saturated heterocycles. The third kappa shape index (κ3) is 3.34. The Kier molecular flexibility index (Phi) is 4.81. The summed E-state index contributed by atoms with van der Waals surface area (Å²) in [5.74, 6) is 0.312. The fourth-order valence-electron chi connectivity index (χ4n) is 1.87. The van der Waals surface area contributed by atoms with E-state index in [1.807, 2.05) is 19.1 Å². The Balaban J connectivity index is 2.38. The molecule has 2 aromatic carbocycles. The Labute approximate surface area is 127 Å². The zero-order valence-corrected chi connectivity index (χ0v) is 12.2.